The molecule has 0 saturated heterocycles. The summed E-state index contributed by atoms with van der Waals surface area (Å²) in [5.74, 6) is 1.12. The first kappa shape index (κ1) is 11.8. The van der Waals surface area contributed by atoms with Crippen LogP contribution in [0.25, 0.3) is 0 Å². The van der Waals surface area contributed by atoms with Gasteiger partial charge in [0.25, 0.3) is 0 Å². The second-order valence-electron chi connectivity index (χ2n) is 4.02. The lowest BCUT2D eigenvalue weighted by atomic mass is 9.93. The number of hydrogen-bond acceptors (Lipinski definition) is 4. The minimum Gasteiger partial charge on any atom is -0.464 e. The minimum atomic E-state index is -0.738. The number of nitrogens with two attached hydrogens (primary N) is 1. The molecule has 0 radical (unpaired) electrons. The van der Waals surface area contributed by atoms with E-state index in [0.717, 1.165) is 11.3 Å². The zero-order chi connectivity index (χ0) is 12.3. The first-order valence-electron chi connectivity index (χ1n) is 5.56. The highest BCUT2D eigenvalue weighted by Gasteiger charge is 2.24. The Bertz CT molecular complexity index is 467. The lowest BCUT2D eigenvalue weighted by Crippen LogP contribution is -2.20. The van der Waals surface area contributed by atoms with Gasteiger partial charge in [-0.15, -0.1) is 0 Å². The molecule has 2 rings (SSSR count). The fourth-order valence-electron chi connectivity index (χ4n) is 1.85. The van der Waals surface area contributed by atoms with Gasteiger partial charge >= 0.3 is 0 Å². The van der Waals surface area contributed by atoms with Crippen molar-refractivity contribution in [3.8, 4) is 0 Å². The first-order chi connectivity index (χ1) is 8.22. The number of aromatic nitrogens is 1. The largest absolute Gasteiger partial charge is 0.464 e. The Balaban J connectivity index is 2.25. The van der Waals surface area contributed by atoms with Gasteiger partial charge in [-0.2, -0.15) is 0 Å². The molecule has 0 bridgehead atoms. The van der Waals surface area contributed by atoms with E-state index in [1.54, 1.807) is 18.5 Å². The summed E-state index contributed by atoms with van der Waals surface area (Å²) in [5, 5.41) is 10.2. The fourth-order valence-corrected chi connectivity index (χ4v) is 1.85. The molecule has 0 aromatic carbocycles. The van der Waals surface area contributed by atoms with Crippen molar-refractivity contribution < 1.29 is 9.52 Å². The van der Waals surface area contributed by atoms with Crippen LogP contribution in [0.4, 0.5) is 0 Å². The molecular weight excluding hydrogens is 216 g/mol. The Labute approximate surface area is 100 Å². The van der Waals surface area contributed by atoms with Crippen LogP contribution in [0.15, 0.2) is 41.1 Å². The summed E-state index contributed by atoms with van der Waals surface area (Å²) in [7, 11) is 0. The van der Waals surface area contributed by atoms with E-state index in [1.807, 2.05) is 25.1 Å². The highest BCUT2D eigenvalue weighted by Crippen LogP contribution is 2.30. The van der Waals surface area contributed by atoms with Crippen LogP contribution in [-0.2, 0) is 0 Å². The Morgan fingerprint density at radius 1 is 1.41 bits per heavy atom. The number of furan rings is 1. The third-order valence-corrected chi connectivity index (χ3v) is 2.80. The average molecular weight is 232 g/mol. The molecule has 0 fully saturated rings. The molecule has 90 valence electrons. The van der Waals surface area contributed by atoms with Crippen molar-refractivity contribution in [2.45, 2.75) is 18.9 Å². The molecule has 2 heterocycles. The predicted octanol–water partition coefficient (Wildman–Crippen LogP) is 1.76. The van der Waals surface area contributed by atoms with Gasteiger partial charge in [-0.05, 0) is 30.7 Å². The summed E-state index contributed by atoms with van der Waals surface area (Å²) in [6.07, 6.45) is 2.68. The molecule has 0 aliphatic rings. The van der Waals surface area contributed by atoms with Gasteiger partial charge in [-0.3, -0.25) is 4.98 Å². The zero-order valence-electron chi connectivity index (χ0n) is 9.71. The number of aryl methyl sites for hydroxylation is 1. The molecule has 0 spiro atoms. The molecule has 4 heteroatoms. The molecular formula is C13H16N2O2. The molecule has 3 N–H and O–H groups in total. The molecule has 2 aromatic rings. The van der Waals surface area contributed by atoms with Crippen molar-refractivity contribution in [1.29, 1.82) is 0 Å². The SMILES string of the molecule is Cc1ccc(C(O)C(CN)c2cccnc2)o1. The Morgan fingerprint density at radius 2 is 2.24 bits per heavy atom. The third-order valence-electron chi connectivity index (χ3n) is 2.80. The van der Waals surface area contributed by atoms with Crippen LogP contribution in [0.1, 0.15) is 29.1 Å². The van der Waals surface area contributed by atoms with Crippen LogP contribution in [-0.4, -0.2) is 16.6 Å². The van der Waals surface area contributed by atoms with Gasteiger partial charge in [0, 0.05) is 24.9 Å². The standard InChI is InChI=1S/C13H16N2O2/c1-9-4-5-12(17-9)13(16)11(7-14)10-3-2-6-15-8-10/h2-6,8,11,13,16H,7,14H2,1H3. The summed E-state index contributed by atoms with van der Waals surface area (Å²) < 4.78 is 5.42. The number of aliphatic hydroxyl groups excluding tert-OH is 1. The van der Waals surface area contributed by atoms with Crippen LogP contribution in [0.5, 0.6) is 0 Å². The second-order valence-corrected chi connectivity index (χ2v) is 4.02. The molecule has 0 amide bonds. The molecule has 2 aromatic heterocycles. The van der Waals surface area contributed by atoms with E-state index in [4.69, 9.17) is 10.2 Å². The maximum atomic E-state index is 10.2. The van der Waals surface area contributed by atoms with Crippen molar-refractivity contribution in [3.05, 3.63) is 53.7 Å². The van der Waals surface area contributed by atoms with Gasteiger partial charge in [0.05, 0.1) is 0 Å². The molecule has 0 aliphatic carbocycles. The predicted molar refractivity (Wildman–Crippen MR) is 64.4 cm³/mol. The highest BCUT2D eigenvalue weighted by atomic mass is 16.4. The van der Waals surface area contributed by atoms with E-state index in [1.165, 1.54) is 0 Å². The summed E-state index contributed by atoms with van der Waals surface area (Å²) in [4.78, 5) is 4.04. The van der Waals surface area contributed by atoms with Crippen molar-refractivity contribution >= 4 is 0 Å². The summed E-state index contributed by atoms with van der Waals surface area (Å²) in [5.41, 5.74) is 6.63. The van der Waals surface area contributed by atoms with Crippen LogP contribution >= 0.6 is 0 Å². The summed E-state index contributed by atoms with van der Waals surface area (Å²) >= 11 is 0. The number of pyridine rings is 1. The third kappa shape index (κ3) is 2.54. The number of nitrogens with zero attached hydrogens (tertiary/aromatic N) is 1. The molecule has 17 heavy (non-hydrogen) atoms. The average Bonchev–Trinajstić information content (AvgIpc) is 2.78. The maximum absolute atomic E-state index is 10.2. The second kappa shape index (κ2) is 5.12. The number of hydrogen-bond donors (Lipinski definition) is 2. The molecule has 0 aliphatic heterocycles. The van der Waals surface area contributed by atoms with E-state index in [2.05, 4.69) is 4.98 Å². The van der Waals surface area contributed by atoms with Gasteiger partial charge in [0.1, 0.15) is 17.6 Å². The topological polar surface area (TPSA) is 72.3 Å². The van der Waals surface area contributed by atoms with Crippen molar-refractivity contribution in [1.82, 2.24) is 4.98 Å². The molecule has 4 nitrogen and oxygen atoms in total. The van der Waals surface area contributed by atoms with Gasteiger partial charge < -0.3 is 15.3 Å². The van der Waals surface area contributed by atoms with Crippen molar-refractivity contribution in [3.63, 3.8) is 0 Å². The maximum Gasteiger partial charge on any atom is 0.133 e. The first-order valence-corrected chi connectivity index (χ1v) is 5.56. The Morgan fingerprint density at radius 3 is 2.76 bits per heavy atom. The van der Waals surface area contributed by atoms with Gasteiger partial charge in [-0.25, -0.2) is 0 Å². The summed E-state index contributed by atoms with van der Waals surface area (Å²) in [6.45, 7) is 2.18. The van der Waals surface area contributed by atoms with E-state index in [0.29, 0.717) is 12.3 Å². The Hall–Kier alpha value is -1.65. The fraction of sp³-hybridized carbons (Fsp3) is 0.308. The zero-order valence-corrected chi connectivity index (χ0v) is 9.71. The van der Waals surface area contributed by atoms with E-state index in [-0.39, 0.29) is 5.92 Å². The van der Waals surface area contributed by atoms with E-state index < -0.39 is 6.10 Å². The van der Waals surface area contributed by atoms with Crippen LogP contribution in [0.3, 0.4) is 0 Å². The molecule has 2 atom stereocenters. The van der Waals surface area contributed by atoms with Gasteiger partial charge in [0.2, 0.25) is 0 Å². The molecule has 2 unspecified atom stereocenters. The quantitative estimate of drug-likeness (QED) is 0.842. The van der Waals surface area contributed by atoms with Crippen LogP contribution in [0, 0.1) is 6.92 Å². The normalized spacial score (nSPS) is 14.5. The van der Waals surface area contributed by atoms with Gasteiger partial charge in [-0.1, -0.05) is 6.07 Å². The van der Waals surface area contributed by atoms with Crippen molar-refractivity contribution in [2.75, 3.05) is 6.54 Å². The van der Waals surface area contributed by atoms with Crippen LogP contribution < -0.4 is 5.73 Å². The van der Waals surface area contributed by atoms with Crippen molar-refractivity contribution in [2.24, 2.45) is 5.73 Å². The van der Waals surface area contributed by atoms with Crippen LogP contribution in [0.2, 0.25) is 0 Å². The smallest absolute Gasteiger partial charge is 0.133 e. The lowest BCUT2D eigenvalue weighted by Gasteiger charge is -2.19. The van der Waals surface area contributed by atoms with E-state index >= 15 is 0 Å². The highest BCUT2D eigenvalue weighted by molar-refractivity contribution is 5.21. The van der Waals surface area contributed by atoms with Gasteiger partial charge in [0.15, 0.2) is 0 Å². The minimum absolute atomic E-state index is 0.200. The molecule has 0 saturated carbocycles. The Kier molecular flexibility index (Phi) is 3.56. The lowest BCUT2D eigenvalue weighted by molar-refractivity contribution is 0.120. The van der Waals surface area contributed by atoms with E-state index in [9.17, 15) is 5.11 Å². The summed E-state index contributed by atoms with van der Waals surface area (Å²) in [6, 6.07) is 7.34. The number of rotatable bonds is 4. The number of aliphatic hydroxyl groups is 1. The monoisotopic (exact) mass is 232 g/mol.